The van der Waals surface area contributed by atoms with Crippen molar-refractivity contribution < 1.29 is 18.3 Å². The average molecular weight is 382 g/mol. The molecule has 3 rings (SSSR count). The van der Waals surface area contributed by atoms with Gasteiger partial charge in [-0.15, -0.1) is 0 Å². The lowest BCUT2D eigenvalue weighted by Crippen LogP contribution is -2.23. The van der Waals surface area contributed by atoms with Gasteiger partial charge in [-0.05, 0) is 35.9 Å². The Balaban J connectivity index is 1.74. The molecule has 0 aliphatic rings. The maximum Gasteiger partial charge on any atom is 0.255 e. The van der Waals surface area contributed by atoms with Crippen molar-refractivity contribution in [3.05, 3.63) is 90.0 Å². The number of anilines is 1. The third-order valence-corrected chi connectivity index (χ3v) is 5.22. The van der Waals surface area contributed by atoms with Gasteiger partial charge < -0.3 is 10.4 Å². The first-order chi connectivity index (χ1) is 12.9. The van der Waals surface area contributed by atoms with Gasteiger partial charge in [0.25, 0.3) is 5.91 Å². The number of rotatable bonds is 6. The molecule has 0 saturated heterocycles. The van der Waals surface area contributed by atoms with Crippen LogP contribution in [0.4, 0.5) is 5.69 Å². The Bertz CT molecular complexity index is 1050. The second-order valence-electron chi connectivity index (χ2n) is 5.84. The molecule has 0 bridgehead atoms. The van der Waals surface area contributed by atoms with Crippen molar-refractivity contribution in [1.82, 2.24) is 4.72 Å². The van der Waals surface area contributed by atoms with E-state index in [1.807, 2.05) is 30.3 Å². The second kappa shape index (κ2) is 8.03. The molecule has 0 aromatic heterocycles. The van der Waals surface area contributed by atoms with Gasteiger partial charge >= 0.3 is 0 Å². The van der Waals surface area contributed by atoms with Gasteiger partial charge in [-0.3, -0.25) is 4.79 Å². The third-order valence-electron chi connectivity index (χ3n) is 3.82. The van der Waals surface area contributed by atoms with E-state index in [0.717, 1.165) is 5.56 Å². The molecule has 3 N–H and O–H groups in total. The number of amides is 1. The van der Waals surface area contributed by atoms with Crippen LogP contribution in [0, 0.1) is 0 Å². The van der Waals surface area contributed by atoms with Crippen molar-refractivity contribution >= 4 is 21.6 Å². The SMILES string of the molecule is O=C(Nc1cccc(O)c1)c1cccc(S(=O)(=O)NCc2ccccc2)c1. The molecular weight excluding hydrogens is 364 g/mol. The Hall–Kier alpha value is -3.16. The van der Waals surface area contributed by atoms with Crippen molar-refractivity contribution in [2.24, 2.45) is 0 Å². The van der Waals surface area contributed by atoms with Gasteiger partial charge in [-0.2, -0.15) is 0 Å². The van der Waals surface area contributed by atoms with Crippen LogP contribution in [0.5, 0.6) is 5.75 Å². The van der Waals surface area contributed by atoms with Gasteiger partial charge in [-0.1, -0.05) is 42.5 Å². The molecule has 0 aliphatic heterocycles. The summed E-state index contributed by atoms with van der Waals surface area (Å²) in [4.78, 5) is 12.4. The molecule has 1 amide bonds. The molecule has 3 aromatic rings. The van der Waals surface area contributed by atoms with E-state index in [1.54, 1.807) is 12.1 Å². The zero-order valence-electron chi connectivity index (χ0n) is 14.3. The molecule has 0 spiro atoms. The zero-order chi connectivity index (χ0) is 19.3. The number of sulfonamides is 1. The van der Waals surface area contributed by atoms with Crippen LogP contribution in [-0.4, -0.2) is 19.4 Å². The van der Waals surface area contributed by atoms with Crippen molar-refractivity contribution in [2.45, 2.75) is 11.4 Å². The third kappa shape index (κ3) is 4.93. The number of carbonyl (C=O) groups excluding carboxylic acids is 1. The smallest absolute Gasteiger partial charge is 0.255 e. The second-order valence-corrected chi connectivity index (χ2v) is 7.61. The predicted octanol–water partition coefficient (Wildman–Crippen LogP) is 3.12. The van der Waals surface area contributed by atoms with E-state index in [2.05, 4.69) is 10.0 Å². The molecule has 0 unspecified atom stereocenters. The van der Waals surface area contributed by atoms with Crippen molar-refractivity contribution in [3.63, 3.8) is 0 Å². The highest BCUT2D eigenvalue weighted by molar-refractivity contribution is 7.89. The summed E-state index contributed by atoms with van der Waals surface area (Å²) in [5.74, 6) is -0.449. The molecule has 3 aromatic carbocycles. The van der Waals surface area contributed by atoms with E-state index < -0.39 is 15.9 Å². The van der Waals surface area contributed by atoms with E-state index in [9.17, 15) is 18.3 Å². The van der Waals surface area contributed by atoms with Crippen LogP contribution in [0.15, 0.2) is 83.8 Å². The first kappa shape index (κ1) is 18.6. The van der Waals surface area contributed by atoms with Crippen LogP contribution >= 0.6 is 0 Å². The van der Waals surface area contributed by atoms with Crippen molar-refractivity contribution in [3.8, 4) is 5.75 Å². The Morgan fingerprint density at radius 2 is 1.63 bits per heavy atom. The lowest BCUT2D eigenvalue weighted by atomic mass is 10.2. The Kier molecular flexibility index (Phi) is 5.54. The van der Waals surface area contributed by atoms with Crippen LogP contribution in [0.1, 0.15) is 15.9 Å². The fraction of sp³-hybridized carbons (Fsp3) is 0.0500. The highest BCUT2D eigenvalue weighted by Crippen LogP contribution is 2.18. The minimum atomic E-state index is -3.76. The Morgan fingerprint density at radius 3 is 2.37 bits per heavy atom. The molecule has 0 fully saturated rings. The first-order valence-electron chi connectivity index (χ1n) is 8.18. The lowest BCUT2D eigenvalue weighted by molar-refractivity contribution is 0.102. The summed E-state index contributed by atoms with van der Waals surface area (Å²) in [7, 11) is -3.76. The fourth-order valence-electron chi connectivity index (χ4n) is 2.45. The van der Waals surface area contributed by atoms with E-state index in [-0.39, 0.29) is 22.8 Å². The lowest BCUT2D eigenvalue weighted by Gasteiger charge is -2.09. The summed E-state index contributed by atoms with van der Waals surface area (Å²) in [5.41, 5.74) is 1.44. The number of benzene rings is 3. The Labute approximate surface area is 157 Å². The molecule has 27 heavy (non-hydrogen) atoms. The number of carbonyl (C=O) groups is 1. The Morgan fingerprint density at radius 1 is 0.889 bits per heavy atom. The summed E-state index contributed by atoms with van der Waals surface area (Å²) in [6.45, 7) is 0.156. The molecular formula is C20H18N2O4S. The monoisotopic (exact) mass is 382 g/mol. The number of phenols is 1. The minimum absolute atomic E-state index is 0.00184. The summed E-state index contributed by atoms with van der Waals surface area (Å²) in [5, 5.41) is 12.1. The molecule has 0 radical (unpaired) electrons. The van der Waals surface area contributed by atoms with Gasteiger partial charge in [0, 0.05) is 23.9 Å². The fourth-order valence-corrected chi connectivity index (χ4v) is 3.51. The maximum atomic E-state index is 12.5. The van der Waals surface area contributed by atoms with Gasteiger partial charge in [0.15, 0.2) is 0 Å². The number of hydrogen-bond donors (Lipinski definition) is 3. The standard InChI is InChI=1S/C20H18N2O4S/c23-18-10-5-9-17(13-18)22-20(24)16-8-4-11-19(12-16)27(25,26)21-14-15-6-2-1-3-7-15/h1-13,21,23H,14H2,(H,22,24). The van der Waals surface area contributed by atoms with Gasteiger partial charge in [-0.25, -0.2) is 13.1 Å². The van der Waals surface area contributed by atoms with Gasteiger partial charge in [0.05, 0.1) is 4.90 Å². The van der Waals surface area contributed by atoms with Gasteiger partial charge in [0.1, 0.15) is 5.75 Å². The topological polar surface area (TPSA) is 95.5 Å². The molecule has 7 heteroatoms. The number of hydrogen-bond acceptors (Lipinski definition) is 4. The van der Waals surface area contributed by atoms with Crippen molar-refractivity contribution in [1.29, 1.82) is 0 Å². The van der Waals surface area contributed by atoms with Crippen LogP contribution in [0.25, 0.3) is 0 Å². The quantitative estimate of drug-likeness (QED) is 0.610. The maximum absolute atomic E-state index is 12.5. The zero-order valence-corrected chi connectivity index (χ0v) is 15.1. The predicted molar refractivity (Wildman–Crippen MR) is 103 cm³/mol. The number of nitrogens with one attached hydrogen (secondary N) is 2. The number of aromatic hydroxyl groups is 1. The number of phenolic OH excluding ortho intramolecular Hbond substituents is 1. The summed E-state index contributed by atoms with van der Waals surface area (Å²) in [6.07, 6.45) is 0. The molecule has 0 saturated carbocycles. The van der Waals surface area contributed by atoms with Gasteiger partial charge in [0.2, 0.25) is 10.0 Å². The largest absolute Gasteiger partial charge is 0.508 e. The van der Waals surface area contributed by atoms with Crippen molar-refractivity contribution in [2.75, 3.05) is 5.32 Å². The van der Waals surface area contributed by atoms with Crippen LogP contribution < -0.4 is 10.0 Å². The summed E-state index contributed by atoms with van der Waals surface area (Å²) in [6, 6.07) is 21.0. The van der Waals surface area contributed by atoms with E-state index in [1.165, 1.54) is 36.4 Å². The highest BCUT2D eigenvalue weighted by Gasteiger charge is 2.16. The van der Waals surface area contributed by atoms with E-state index in [0.29, 0.717) is 5.69 Å². The van der Waals surface area contributed by atoms with Crippen LogP contribution in [0.3, 0.4) is 0 Å². The average Bonchev–Trinajstić information content (AvgIpc) is 2.67. The minimum Gasteiger partial charge on any atom is -0.508 e. The molecule has 0 heterocycles. The van der Waals surface area contributed by atoms with E-state index >= 15 is 0 Å². The van der Waals surface area contributed by atoms with Crippen LogP contribution in [0.2, 0.25) is 0 Å². The highest BCUT2D eigenvalue weighted by atomic mass is 32.2. The molecule has 138 valence electrons. The molecule has 0 atom stereocenters. The normalized spacial score (nSPS) is 11.1. The first-order valence-corrected chi connectivity index (χ1v) is 9.66. The molecule has 6 nitrogen and oxygen atoms in total. The summed E-state index contributed by atoms with van der Waals surface area (Å²) < 4.78 is 27.5. The van der Waals surface area contributed by atoms with Crippen LogP contribution in [-0.2, 0) is 16.6 Å². The molecule has 0 aliphatic carbocycles. The van der Waals surface area contributed by atoms with E-state index in [4.69, 9.17) is 0 Å². The summed E-state index contributed by atoms with van der Waals surface area (Å²) >= 11 is 0.